The van der Waals surface area contributed by atoms with Crippen LogP contribution in [-0.4, -0.2) is 36.5 Å². The molecule has 0 bridgehead atoms. The topological polar surface area (TPSA) is 61.4 Å². The minimum absolute atomic E-state index is 0.0666. The molecule has 1 aliphatic heterocycles. The monoisotopic (exact) mass is 339 g/mol. The van der Waals surface area contributed by atoms with Gasteiger partial charge in [0, 0.05) is 17.6 Å². The number of benzene rings is 1. The fourth-order valence-electron chi connectivity index (χ4n) is 2.21. The molecule has 1 aromatic rings. The minimum Gasteiger partial charge on any atom is -0.353 e. The number of hydrogen-bond donors (Lipinski definition) is 2. The van der Waals surface area contributed by atoms with Crippen molar-refractivity contribution in [2.24, 2.45) is 0 Å². The fourth-order valence-corrected chi connectivity index (χ4v) is 2.77. The van der Waals surface area contributed by atoms with Crippen molar-refractivity contribution >= 4 is 27.9 Å². The Balaban J connectivity index is 2.05. The lowest BCUT2D eigenvalue weighted by atomic mass is 10.1. The molecule has 108 valence electrons. The van der Waals surface area contributed by atoms with E-state index < -0.39 is 0 Å². The van der Waals surface area contributed by atoms with Crippen LogP contribution < -0.4 is 10.6 Å². The lowest BCUT2D eigenvalue weighted by molar-refractivity contribution is -0.123. The molecule has 1 aromatic carbocycles. The van der Waals surface area contributed by atoms with Crippen LogP contribution in [0.15, 0.2) is 28.7 Å². The molecular weight excluding hydrogens is 322 g/mol. The van der Waals surface area contributed by atoms with Crippen molar-refractivity contribution in [3.8, 4) is 0 Å². The highest BCUT2D eigenvalue weighted by atomic mass is 79.9. The van der Waals surface area contributed by atoms with Gasteiger partial charge in [-0.05, 0) is 18.1 Å². The van der Waals surface area contributed by atoms with Crippen molar-refractivity contribution in [3.63, 3.8) is 0 Å². The quantitative estimate of drug-likeness (QED) is 0.885. The summed E-state index contributed by atoms with van der Waals surface area (Å²) in [6.45, 7) is 3.20. The van der Waals surface area contributed by atoms with Gasteiger partial charge in [-0.15, -0.1) is 0 Å². The average molecular weight is 340 g/mol. The summed E-state index contributed by atoms with van der Waals surface area (Å²) in [6, 6.07) is 7.57. The Kier molecular flexibility index (Phi) is 5.00. The second-order valence-electron chi connectivity index (χ2n) is 4.70. The molecule has 1 heterocycles. The van der Waals surface area contributed by atoms with Gasteiger partial charge in [0.15, 0.2) is 0 Å². The second kappa shape index (κ2) is 6.74. The van der Waals surface area contributed by atoms with E-state index in [-0.39, 0.29) is 24.5 Å². The summed E-state index contributed by atoms with van der Waals surface area (Å²) < 4.78 is 0.975. The van der Waals surface area contributed by atoms with Crippen molar-refractivity contribution in [1.29, 1.82) is 0 Å². The van der Waals surface area contributed by atoms with Gasteiger partial charge in [0.1, 0.15) is 6.54 Å². The Morgan fingerprint density at radius 2 is 2.25 bits per heavy atom. The number of nitrogens with zero attached hydrogens (tertiary/aromatic N) is 1. The third-order valence-corrected chi connectivity index (χ3v) is 4.03. The Labute approximate surface area is 126 Å². The molecule has 20 heavy (non-hydrogen) atoms. The average Bonchev–Trinajstić information content (AvgIpc) is 2.45. The maximum atomic E-state index is 12.2. The first-order valence-electron chi connectivity index (χ1n) is 6.68. The lowest BCUT2D eigenvalue weighted by Gasteiger charge is -2.29. The standard InChI is InChI=1S/C14H18BrN3O2/c1-2-12(10-5-3-4-6-11(10)15)17-14(20)18-8-7-16-13(19)9-18/h3-6,12H,2,7-9H2,1H3,(H,16,19)(H,17,20). The highest BCUT2D eigenvalue weighted by Gasteiger charge is 2.23. The highest BCUT2D eigenvalue weighted by Crippen LogP contribution is 2.25. The van der Waals surface area contributed by atoms with Gasteiger partial charge in [0.25, 0.3) is 0 Å². The predicted octanol–water partition coefficient (Wildman–Crippen LogP) is 2.04. The molecule has 5 nitrogen and oxygen atoms in total. The van der Waals surface area contributed by atoms with Crippen LogP contribution in [0.3, 0.4) is 0 Å². The Hall–Kier alpha value is -1.56. The van der Waals surface area contributed by atoms with Crippen LogP contribution in [0.5, 0.6) is 0 Å². The van der Waals surface area contributed by atoms with Crippen LogP contribution in [0.4, 0.5) is 4.79 Å². The number of halogens is 1. The molecule has 2 rings (SSSR count). The molecule has 0 spiro atoms. The van der Waals surface area contributed by atoms with Crippen LogP contribution >= 0.6 is 15.9 Å². The van der Waals surface area contributed by atoms with Crippen LogP contribution in [0.2, 0.25) is 0 Å². The van der Waals surface area contributed by atoms with Crippen LogP contribution in [0, 0.1) is 0 Å². The van der Waals surface area contributed by atoms with Gasteiger partial charge < -0.3 is 15.5 Å². The normalized spacial score (nSPS) is 16.5. The summed E-state index contributed by atoms with van der Waals surface area (Å²) in [7, 11) is 0. The SMILES string of the molecule is CCC(NC(=O)N1CCNC(=O)C1)c1ccccc1Br. The molecule has 2 N–H and O–H groups in total. The third-order valence-electron chi connectivity index (χ3n) is 3.31. The van der Waals surface area contributed by atoms with Gasteiger partial charge in [-0.2, -0.15) is 0 Å². The van der Waals surface area contributed by atoms with Gasteiger partial charge in [-0.25, -0.2) is 4.79 Å². The number of rotatable bonds is 3. The summed E-state index contributed by atoms with van der Waals surface area (Å²) in [5.74, 6) is -0.111. The van der Waals surface area contributed by atoms with Gasteiger partial charge in [-0.1, -0.05) is 41.1 Å². The molecular formula is C14H18BrN3O2. The Morgan fingerprint density at radius 1 is 1.50 bits per heavy atom. The van der Waals surface area contributed by atoms with Gasteiger partial charge in [0.05, 0.1) is 6.04 Å². The minimum atomic E-state index is -0.192. The van der Waals surface area contributed by atoms with Gasteiger partial charge in [-0.3, -0.25) is 4.79 Å². The van der Waals surface area contributed by atoms with E-state index in [4.69, 9.17) is 0 Å². The van der Waals surface area contributed by atoms with Crippen LogP contribution in [-0.2, 0) is 4.79 Å². The van der Waals surface area contributed by atoms with Crippen molar-refractivity contribution in [2.75, 3.05) is 19.6 Å². The maximum absolute atomic E-state index is 12.2. The number of carbonyl (C=O) groups excluding carboxylic acids is 2. The largest absolute Gasteiger partial charge is 0.353 e. The maximum Gasteiger partial charge on any atom is 0.318 e. The van der Waals surface area contributed by atoms with Crippen molar-refractivity contribution in [3.05, 3.63) is 34.3 Å². The smallest absolute Gasteiger partial charge is 0.318 e. The van der Waals surface area contributed by atoms with Crippen LogP contribution in [0.1, 0.15) is 24.9 Å². The van der Waals surface area contributed by atoms with Crippen molar-refractivity contribution in [2.45, 2.75) is 19.4 Å². The van der Waals surface area contributed by atoms with E-state index >= 15 is 0 Å². The number of hydrogen-bond acceptors (Lipinski definition) is 2. The lowest BCUT2D eigenvalue weighted by Crippen LogP contribution is -2.53. The summed E-state index contributed by atoms with van der Waals surface area (Å²) >= 11 is 3.50. The first-order valence-corrected chi connectivity index (χ1v) is 7.47. The molecule has 1 atom stereocenters. The summed E-state index contributed by atoms with van der Waals surface area (Å²) in [6.07, 6.45) is 0.786. The number of urea groups is 1. The van der Waals surface area contributed by atoms with E-state index in [9.17, 15) is 9.59 Å². The first kappa shape index (κ1) is 14.8. The first-order chi connectivity index (χ1) is 9.61. The summed E-state index contributed by atoms with van der Waals surface area (Å²) in [4.78, 5) is 25.1. The molecule has 6 heteroatoms. The predicted molar refractivity (Wildman–Crippen MR) is 80.3 cm³/mol. The van der Waals surface area contributed by atoms with E-state index in [1.165, 1.54) is 0 Å². The zero-order valence-corrected chi connectivity index (χ0v) is 12.9. The molecule has 1 unspecified atom stereocenters. The van der Waals surface area contributed by atoms with Crippen molar-refractivity contribution < 1.29 is 9.59 Å². The number of piperazine rings is 1. The van der Waals surface area contributed by atoms with E-state index in [1.54, 1.807) is 4.90 Å². The molecule has 0 aromatic heterocycles. The van der Waals surface area contributed by atoms with Gasteiger partial charge in [0.2, 0.25) is 5.91 Å². The highest BCUT2D eigenvalue weighted by molar-refractivity contribution is 9.10. The molecule has 0 radical (unpaired) electrons. The Bertz CT molecular complexity index is 507. The Morgan fingerprint density at radius 3 is 2.90 bits per heavy atom. The number of amides is 3. The molecule has 3 amide bonds. The molecule has 0 aliphatic carbocycles. The number of carbonyl (C=O) groups is 2. The van der Waals surface area contributed by atoms with E-state index in [1.807, 2.05) is 31.2 Å². The van der Waals surface area contributed by atoms with Crippen molar-refractivity contribution in [1.82, 2.24) is 15.5 Å². The molecule has 1 aliphatic rings. The molecule has 1 fully saturated rings. The molecule has 0 saturated carbocycles. The van der Waals surface area contributed by atoms with Crippen LogP contribution in [0.25, 0.3) is 0 Å². The zero-order chi connectivity index (χ0) is 14.5. The second-order valence-corrected chi connectivity index (χ2v) is 5.56. The van der Waals surface area contributed by atoms with Gasteiger partial charge >= 0.3 is 6.03 Å². The van der Waals surface area contributed by atoms with E-state index in [0.29, 0.717) is 13.1 Å². The fraction of sp³-hybridized carbons (Fsp3) is 0.429. The summed E-state index contributed by atoms with van der Waals surface area (Å²) in [5.41, 5.74) is 1.05. The van der Waals surface area contributed by atoms with E-state index in [2.05, 4.69) is 26.6 Å². The third kappa shape index (κ3) is 3.50. The van der Waals surface area contributed by atoms with E-state index in [0.717, 1.165) is 16.5 Å². The summed E-state index contributed by atoms with van der Waals surface area (Å²) in [5, 5.41) is 5.70. The number of nitrogens with one attached hydrogen (secondary N) is 2. The zero-order valence-electron chi connectivity index (χ0n) is 11.4. The molecule has 1 saturated heterocycles.